The van der Waals surface area contributed by atoms with Gasteiger partial charge in [0, 0.05) is 12.6 Å². The van der Waals surface area contributed by atoms with Crippen LogP contribution in [0.25, 0.3) is 0 Å². The molecule has 0 aromatic rings. The van der Waals surface area contributed by atoms with Crippen LogP contribution in [0.5, 0.6) is 0 Å². The van der Waals surface area contributed by atoms with Gasteiger partial charge in [0.25, 0.3) is 0 Å². The monoisotopic (exact) mass is 338 g/mol. The van der Waals surface area contributed by atoms with Crippen molar-refractivity contribution < 1.29 is 14.3 Å². The van der Waals surface area contributed by atoms with Crippen molar-refractivity contribution in [1.82, 2.24) is 10.2 Å². The van der Waals surface area contributed by atoms with Crippen molar-refractivity contribution in [1.29, 1.82) is 0 Å². The van der Waals surface area contributed by atoms with Gasteiger partial charge in [-0.3, -0.25) is 9.69 Å². The Bertz CT molecular complexity index is 415. The maximum absolute atomic E-state index is 12.5. The molecule has 2 fully saturated rings. The van der Waals surface area contributed by atoms with Crippen LogP contribution in [0, 0.1) is 11.8 Å². The largest absolute Gasteiger partial charge is 0.467 e. The number of nitrogens with zero attached hydrogens (tertiary/aromatic N) is 1. The van der Waals surface area contributed by atoms with E-state index in [-0.39, 0.29) is 11.9 Å². The molecule has 1 N–H and O–H groups in total. The Morgan fingerprint density at radius 3 is 2.33 bits per heavy atom. The number of carbonyl (C=O) groups is 2. The number of hydrogen-bond acceptors (Lipinski definition) is 4. The van der Waals surface area contributed by atoms with Crippen LogP contribution in [0.2, 0.25) is 0 Å². The minimum atomic E-state index is -0.531. The fraction of sp³-hybridized carbons (Fsp3) is 0.895. The fourth-order valence-electron chi connectivity index (χ4n) is 3.67. The molecule has 0 aromatic heterocycles. The van der Waals surface area contributed by atoms with Crippen LogP contribution < -0.4 is 5.32 Å². The highest BCUT2D eigenvalue weighted by Gasteiger charge is 2.31. The van der Waals surface area contributed by atoms with E-state index in [2.05, 4.69) is 10.2 Å². The zero-order valence-electron chi connectivity index (χ0n) is 15.6. The molecule has 0 heterocycles. The molecule has 0 spiro atoms. The molecule has 138 valence electrons. The zero-order chi connectivity index (χ0) is 17.5. The van der Waals surface area contributed by atoms with Crippen LogP contribution in [0.3, 0.4) is 0 Å². The lowest BCUT2D eigenvalue weighted by molar-refractivity contribution is -0.145. The van der Waals surface area contributed by atoms with Gasteiger partial charge < -0.3 is 10.1 Å². The number of amides is 1. The standard InChI is InChI=1S/C19H34N2O3/c1-14(2)11-17(19(23)24-3)20-18(22)13-21(12-15-9-10-15)16-7-5-4-6-8-16/h14-17H,4-13H2,1-3H3,(H,20,22). The first-order valence-corrected chi connectivity index (χ1v) is 9.60. The number of esters is 1. The van der Waals surface area contributed by atoms with Gasteiger partial charge in [-0.2, -0.15) is 0 Å². The van der Waals surface area contributed by atoms with Gasteiger partial charge >= 0.3 is 5.97 Å². The third-order valence-corrected chi connectivity index (χ3v) is 5.16. The van der Waals surface area contributed by atoms with E-state index in [9.17, 15) is 9.59 Å². The molecule has 1 amide bonds. The zero-order valence-corrected chi connectivity index (χ0v) is 15.6. The van der Waals surface area contributed by atoms with Crippen LogP contribution in [0.15, 0.2) is 0 Å². The lowest BCUT2D eigenvalue weighted by atomic mass is 9.94. The first-order valence-electron chi connectivity index (χ1n) is 9.60. The van der Waals surface area contributed by atoms with Crippen molar-refractivity contribution in [3.8, 4) is 0 Å². The highest BCUT2D eigenvalue weighted by molar-refractivity contribution is 5.85. The molecule has 24 heavy (non-hydrogen) atoms. The van der Waals surface area contributed by atoms with Crippen molar-refractivity contribution in [2.24, 2.45) is 11.8 Å². The van der Waals surface area contributed by atoms with Gasteiger partial charge in [-0.05, 0) is 43.9 Å². The highest BCUT2D eigenvalue weighted by atomic mass is 16.5. The Morgan fingerprint density at radius 2 is 1.79 bits per heavy atom. The molecule has 0 radical (unpaired) electrons. The Labute approximate surface area is 146 Å². The molecule has 5 nitrogen and oxygen atoms in total. The quantitative estimate of drug-likeness (QED) is 0.657. The lowest BCUT2D eigenvalue weighted by Gasteiger charge is -2.34. The highest BCUT2D eigenvalue weighted by Crippen LogP contribution is 2.32. The molecule has 1 unspecified atom stereocenters. The summed E-state index contributed by atoms with van der Waals surface area (Å²) in [5, 5.41) is 2.91. The van der Waals surface area contributed by atoms with Gasteiger partial charge in [0.1, 0.15) is 6.04 Å². The number of nitrogens with one attached hydrogen (secondary N) is 1. The molecule has 0 aromatic carbocycles. The van der Waals surface area contributed by atoms with Crippen molar-refractivity contribution in [3.63, 3.8) is 0 Å². The van der Waals surface area contributed by atoms with E-state index < -0.39 is 6.04 Å². The van der Waals surface area contributed by atoms with Crippen LogP contribution in [0.4, 0.5) is 0 Å². The fourth-order valence-corrected chi connectivity index (χ4v) is 3.67. The summed E-state index contributed by atoms with van der Waals surface area (Å²) < 4.78 is 4.84. The molecule has 2 aliphatic carbocycles. The second-order valence-corrected chi connectivity index (χ2v) is 7.94. The van der Waals surface area contributed by atoms with E-state index >= 15 is 0 Å². The molecule has 0 saturated heterocycles. The van der Waals surface area contributed by atoms with Crippen molar-refractivity contribution in [2.45, 2.75) is 77.3 Å². The van der Waals surface area contributed by atoms with Gasteiger partial charge in [-0.25, -0.2) is 4.79 Å². The summed E-state index contributed by atoms with van der Waals surface area (Å²) in [6.07, 6.45) is 9.46. The normalized spacial score (nSPS) is 20.2. The molecule has 5 heteroatoms. The number of hydrogen-bond donors (Lipinski definition) is 1. The summed E-state index contributed by atoms with van der Waals surface area (Å²) in [5.41, 5.74) is 0. The third kappa shape index (κ3) is 6.42. The number of ether oxygens (including phenoxy) is 1. The molecule has 0 bridgehead atoms. The summed E-state index contributed by atoms with van der Waals surface area (Å²) in [6.45, 7) is 5.53. The van der Waals surface area contributed by atoms with E-state index in [1.807, 2.05) is 13.8 Å². The van der Waals surface area contributed by atoms with E-state index in [0.717, 1.165) is 12.5 Å². The Hall–Kier alpha value is -1.10. The molecule has 0 aliphatic heterocycles. The predicted octanol–water partition coefficient (Wildman–Crippen LogP) is 2.74. The molecule has 2 rings (SSSR count). The molecular formula is C19H34N2O3. The van der Waals surface area contributed by atoms with E-state index in [0.29, 0.717) is 24.9 Å². The maximum Gasteiger partial charge on any atom is 0.328 e. The first kappa shape index (κ1) is 19.2. The number of carbonyl (C=O) groups excluding carboxylic acids is 2. The molecule has 1 atom stereocenters. The summed E-state index contributed by atoms with van der Waals surface area (Å²) >= 11 is 0. The summed E-state index contributed by atoms with van der Waals surface area (Å²) in [7, 11) is 1.38. The third-order valence-electron chi connectivity index (χ3n) is 5.16. The topological polar surface area (TPSA) is 58.6 Å². The van der Waals surface area contributed by atoms with Crippen molar-refractivity contribution in [3.05, 3.63) is 0 Å². The van der Waals surface area contributed by atoms with E-state index in [4.69, 9.17) is 4.74 Å². The molecule has 2 aliphatic rings. The Kier molecular flexibility index (Phi) is 7.53. The van der Waals surface area contributed by atoms with Gasteiger partial charge in [-0.15, -0.1) is 0 Å². The maximum atomic E-state index is 12.5. The average molecular weight is 338 g/mol. The van der Waals surface area contributed by atoms with Crippen LogP contribution >= 0.6 is 0 Å². The van der Waals surface area contributed by atoms with E-state index in [1.54, 1.807) is 0 Å². The van der Waals surface area contributed by atoms with Gasteiger partial charge in [0.05, 0.1) is 13.7 Å². The number of methoxy groups -OCH3 is 1. The summed E-state index contributed by atoms with van der Waals surface area (Å²) in [4.78, 5) is 26.8. The SMILES string of the molecule is COC(=O)C(CC(C)C)NC(=O)CN(CC1CC1)C1CCCCC1. The molecule has 2 saturated carbocycles. The van der Waals surface area contributed by atoms with Crippen molar-refractivity contribution in [2.75, 3.05) is 20.2 Å². The van der Waals surface area contributed by atoms with Crippen molar-refractivity contribution >= 4 is 11.9 Å². The first-order chi connectivity index (χ1) is 11.5. The van der Waals surface area contributed by atoms with Gasteiger partial charge in [0.2, 0.25) is 5.91 Å². The summed E-state index contributed by atoms with van der Waals surface area (Å²) in [6, 6.07) is 0.00315. The number of rotatable bonds is 9. The predicted molar refractivity (Wildman–Crippen MR) is 94.6 cm³/mol. The van der Waals surface area contributed by atoms with Gasteiger partial charge in [0.15, 0.2) is 0 Å². The van der Waals surface area contributed by atoms with E-state index in [1.165, 1.54) is 52.1 Å². The van der Waals surface area contributed by atoms with Gasteiger partial charge in [-0.1, -0.05) is 33.1 Å². The minimum Gasteiger partial charge on any atom is -0.467 e. The minimum absolute atomic E-state index is 0.0442. The second-order valence-electron chi connectivity index (χ2n) is 7.94. The second kappa shape index (κ2) is 9.40. The van der Waals surface area contributed by atoms with Crippen LogP contribution in [-0.2, 0) is 14.3 Å². The average Bonchev–Trinajstić information content (AvgIpc) is 3.37. The van der Waals surface area contributed by atoms with Crippen LogP contribution in [-0.4, -0.2) is 49.1 Å². The lowest BCUT2D eigenvalue weighted by Crippen LogP contribution is -2.49. The summed E-state index contributed by atoms with van der Waals surface area (Å²) in [5.74, 6) is 0.711. The van der Waals surface area contributed by atoms with Crippen LogP contribution in [0.1, 0.15) is 65.2 Å². The smallest absolute Gasteiger partial charge is 0.328 e. The Morgan fingerprint density at radius 1 is 1.12 bits per heavy atom. The Balaban J connectivity index is 1.90. The molecular weight excluding hydrogens is 304 g/mol.